The topological polar surface area (TPSA) is 128 Å². The normalized spacial score (nSPS) is 15.5. The van der Waals surface area contributed by atoms with Crippen LogP contribution in [0.4, 0.5) is 5.69 Å². The summed E-state index contributed by atoms with van der Waals surface area (Å²) in [6.07, 6.45) is 6.41. The zero-order valence-corrected chi connectivity index (χ0v) is 20.7. The van der Waals surface area contributed by atoms with E-state index in [1.807, 2.05) is 6.07 Å². The van der Waals surface area contributed by atoms with E-state index in [4.69, 9.17) is 0 Å². The van der Waals surface area contributed by atoms with Crippen LogP contribution >= 0.6 is 28.1 Å². The van der Waals surface area contributed by atoms with Gasteiger partial charge in [-0.1, -0.05) is 46.3 Å². The smallest absolute Gasteiger partial charge is 0.326 e. The Morgan fingerprint density at radius 2 is 1.94 bits per heavy atom. The van der Waals surface area contributed by atoms with Crippen molar-refractivity contribution in [3.05, 3.63) is 99.3 Å². The molecule has 1 atom stereocenters. The molecule has 0 radical (unpaired) electrons. The summed E-state index contributed by atoms with van der Waals surface area (Å²) in [5, 5.41) is 12.1. The first kappa shape index (κ1) is 23.9. The molecule has 0 fully saturated rings. The average molecular weight is 563 g/mol. The maximum absolute atomic E-state index is 13.2. The molecule has 0 bridgehead atoms. The van der Waals surface area contributed by atoms with Crippen molar-refractivity contribution in [2.45, 2.75) is 12.5 Å². The lowest BCUT2D eigenvalue weighted by Crippen LogP contribution is -2.42. The molecule has 9 nitrogen and oxygen atoms in total. The van der Waals surface area contributed by atoms with Gasteiger partial charge in [-0.2, -0.15) is 0 Å². The third kappa shape index (κ3) is 5.29. The number of hydrogen-bond donors (Lipinski definition) is 4. The third-order valence-corrected chi connectivity index (χ3v) is 7.60. The Hall–Kier alpha value is -3.22. The number of carboxylic acid groups (broad SMARTS) is 1. The molecule has 176 valence electrons. The largest absolute Gasteiger partial charge is 0.480 e. The van der Waals surface area contributed by atoms with Crippen LogP contribution in [0, 0.1) is 0 Å². The average Bonchev–Trinajstić information content (AvgIpc) is 3.28. The number of nitrogens with zero attached hydrogens (tertiary/aromatic N) is 1. The molecule has 2 aliphatic rings. The van der Waals surface area contributed by atoms with Crippen LogP contribution < -0.4 is 14.8 Å². The predicted octanol–water partition coefficient (Wildman–Crippen LogP) is 3.34. The Morgan fingerprint density at radius 1 is 1.18 bits per heavy atom. The van der Waals surface area contributed by atoms with Gasteiger partial charge >= 0.3 is 5.97 Å². The Balaban J connectivity index is 1.59. The van der Waals surface area contributed by atoms with Gasteiger partial charge < -0.3 is 15.1 Å². The summed E-state index contributed by atoms with van der Waals surface area (Å²) in [6, 6.07) is 12.1. The van der Waals surface area contributed by atoms with E-state index in [0.29, 0.717) is 10.2 Å². The Kier molecular flexibility index (Phi) is 7.00. The molecule has 12 heteroatoms. The molecule has 34 heavy (non-hydrogen) atoms. The lowest BCUT2D eigenvalue weighted by atomic mass is 10.1. The minimum absolute atomic E-state index is 0.0111. The number of aliphatic carboxylic acids is 1. The van der Waals surface area contributed by atoms with E-state index in [0.717, 1.165) is 5.56 Å². The number of halogens is 1. The van der Waals surface area contributed by atoms with Gasteiger partial charge in [0, 0.05) is 23.3 Å². The summed E-state index contributed by atoms with van der Waals surface area (Å²) in [4.78, 5) is 24.8. The molecule has 0 saturated heterocycles. The fourth-order valence-electron chi connectivity index (χ4n) is 3.35. The summed E-state index contributed by atoms with van der Waals surface area (Å²) in [7, 11) is -4.08. The summed E-state index contributed by atoms with van der Waals surface area (Å²) in [5.74, 6) is -1.92. The first-order valence-corrected chi connectivity index (χ1v) is 13.0. The summed E-state index contributed by atoms with van der Waals surface area (Å²) < 4.78 is 33.9. The van der Waals surface area contributed by atoms with Gasteiger partial charge in [-0.3, -0.25) is 13.8 Å². The molecule has 4 rings (SSSR count). The molecule has 0 aliphatic carbocycles. The van der Waals surface area contributed by atoms with Gasteiger partial charge in [0.15, 0.2) is 0 Å². The molecule has 0 saturated carbocycles. The van der Waals surface area contributed by atoms with Crippen molar-refractivity contribution in [1.29, 1.82) is 0 Å². The second-order valence-corrected chi connectivity index (χ2v) is 10.7. The van der Waals surface area contributed by atoms with E-state index in [2.05, 4.69) is 30.7 Å². The van der Waals surface area contributed by atoms with Crippen molar-refractivity contribution in [2.24, 2.45) is 0 Å². The summed E-state index contributed by atoms with van der Waals surface area (Å²) in [6.45, 7) is 0. The molecule has 2 aromatic rings. The highest BCUT2D eigenvalue weighted by Gasteiger charge is 2.31. The summed E-state index contributed by atoms with van der Waals surface area (Å²) in [5.41, 5.74) is 1.18. The van der Waals surface area contributed by atoms with Crippen molar-refractivity contribution >= 4 is 55.7 Å². The van der Waals surface area contributed by atoms with Crippen molar-refractivity contribution in [3.8, 4) is 0 Å². The second-order valence-electron chi connectivity index (χ2n) is 7.29. The lowest BCUT2D eigenvalue weighted by Gasteiger charge is -2.21. The van der Waals surface area contributed by atoms with Gasteiger partial charge in [0.25, 0.3) is 15.9 Å². The van der Waals surface area contributed by atoms with Crippen LogP contribution in [0.2, 0.25) is 0 Å². The van der Waals surface area contributed by atoms with Crippen molar-refractivity contribution in [2.75, 3.05) is 4.72 Å². The zero-order chi connectivity index (χ0) is 24.3. The number of hydrogen-bond acceptors (Lipinski definition) is 7. The van der Waals surface area contributed by atoms with Crippen LogP contribution in [-0.2, 0) is 21.2 Å². The SMILES string of the molecule is O=C(NC(Cc1ccccc1)C(=O)O)c1ccc(Br)cc1NS(=O)(=O)C1=CC=CN2SNC=C12. The van der Waals surface area contributed by atoms with Gasteiger partial charge in [-0.05, 0) is 35.9 Å². The quantitative estimate of drug-likeness (QED) is 0.361. The standard InChI is InChI=1S/C22H19BrN4O5S2/c23-15-8-9-16(21(28)25-18(22(29)30)11-14-5-2-1-3-6-14)17(12-15)26-34(31,32)20-7-4-10-27-19(20)13-24-33-27/h1-10,12-13,18,24,26H,11H2,(H,25,28)(H,29,30). The molecule has 4 N–H and O–H groups in total. The predicted molar refractivity (Wildman–Crippen MR) is 134 cm³/mol. The number of allylic oxidation sites excluding steroid dienone is 2. The molecule has 2 aliphatic heterocycles. The fraction of sp³-hybridized carbons (Fsp3) is 0.0909. The van der Waals surface area contributed by atoms with Crippen LogP contribution in [0.15, 0.2) is 88.2 Å². The number of benzene rings is 2. The number of nitrogens with one attached hydrogen (secondary N) is 3. The van der Waals surface area contributed by atoms with Crippen molar-refractivity contribution in [1.82, 2.24) is 14.3 Å². The molecular formula is C22H19BrN4O5S2. The maximum Gasteiger partial charge on any atom is 0.326 e. The van der Waals surface area contributed by atoms with Crippen LogP contribution in [0.1, 0.15) is 15.9 Å². The molecule has 0 aromatic heterocycles. The second kappa shape index (κ2) is 9.95. The van der Waals surface area contributed by atoms with Crippen molar-refractivity contribution < 1.29 is 23.1 Å². The summed E-state index contributed by atoms with van der Waals surface area (Å²) >= 11 is 4.51. The van der Waals surface area contributed by atoms with Crippen LogP contribution in [0.5, 0.6) is 0 Å². The van der Waals surface area contributed by atoms with Gasteiger partial charge in [0.05, 0.1) is 29.1 Å². The Labute approximate surface area is 209 Å². The van der Waals surface area contributed by atoms with Crippen LogP contribution in [0.3, 0.4) is 0 Å². The first-order chi connectivity index (χ1) is 16.2. The molecule has 2 heterocycles. The van der Waals surface area contributed by atoms with Gasteiger partial charge in [-0.15, -0.1) is 0 Å². The molecular weight excluding hydrogens is 544 g/mol. The van der Waals surface area contributed by atoms with Gasteiger partial charge in [-0.25, -0.2) is 13.2 Å². The number of amides is 1. The molecule has 1 amide bonds. The monoisotopic (exact) mass is 562 g/mol. The van der Waals surface area contributed by atoms with E-state index >= 15 is 0 Å². The van der Waals surface area contributed by atoms with Crippen LogP contribution in [-0.4, -0.2) is 35.7 Å². The number of carbonyl (C=O) groups excluding carboxylic acids is 1. The highest BCUT2D eigenvalue weighted by molar-refractivity contribution is 9.10. The van der Waals surface area contributed by atoms with Crippen molar-refractivity contribution in [3.63, 3.8) is 0 Å². The zero-order valence-electron chi connectivity index (χ0n) is 17.4. The minimum atomic E-state index is -4.08. The third-order valence-electron chi connectivity index (χ3n) is 4.95. The minimum Gasteiger partial charge on any atom is -0.480 e. The van der Waals surface area contributed by atoms with Gasteiger partial charge in [0.1, 0.15) is 10.9 Å². The Morgan fingerprint density at radius 3 is 2.68 bits per heavy atom. The van der Waals surface area contributed by atoms with E-state index in [-0.39, 0.29) is 22.6 Å². The lowest BCUT2D eigenvalue weighted by molar-refractivity contribution is -0.139. The van der Waals surface area contributed by atoms with E-state index in [9.17, 15) is 23.1 Å². The van der Waals surface area contributed by atoms with E-state index in [1.54, 1.807) is 53.1 Å². The first-order valence-electron chi connectivity index (χ1n) is 9.95. The highest BCUT2D eigenvalue weighted by atomic mass is 79.9. The number of rotatable bonds is 8. The molecule has 2 aromatic carbocycles. The number of fused-ring (bicyclic) bond motifs is 1. The number of anilines is 1. The Bertz CT molecular complexity index is 1330. The molecule has 0 spiro atoms. The molecule has 1 unspecified atom stereocenters. The van der Waals surface area contributed by atoms with E-state index in [1.165, 1.54) is 30.3 Å². The fourth-order valence-corrected chi connectivity index (χ4v) is 5.68. The highest BCUT2D eigenvalue weighted by Crippen LogP contribution is 2.34. The number of sulfonamides is 1. The van der Waals surface area contributed by atoms with Gasteiger partial charge in [0.2, 0.25) is 0 Å². The van der Waals surface area contributed by atoms with Crippen LogP contribution in [0.25, 0.3) is 0 Å². The maximum atomic E-state index is 13.2. The van der Waals surface area contributed by atoms with E-state index < -0.39 is 27.9 Å². The number of carboxylic acids is 1. The number of carbonyl (C=O) groups is 2.